The molecule has 1 saturated heterocycles. The normalized spacial score (nSPS) is 19.9. The Labute approximate surface area is 203 Å². The second kappa shape index (κ2) is 8.62. The van der Waals surface area contributed by atoms with Gasteiger partial charge < -0.3 is 10.2 Å². The summed E-state index contributed by atoms with van der Waals surface area (Å²) in [7, 11) is 0. The van der Waals surface area contributed by atoms with Gasteiger partial charge in [0.2, 0.25) is 0 Å². The number of carbonyl (C=O) groups is 1. The highest BCUT2D eigenvalue weighted by Crippen LogP contribution is 2.41. The van der Waals surface area contributed by atoms with Crippen molar-refractivity contribution >= 4 is 69.1 Å². The number of hydrogen-bond acceptors (Lipinski definition) is 4. The van der Waals surface area contributed by atoms with Crippen LogP contribution in [0.15, 0.2) is 46.3 Å². The zero-order valence-electron chi connectivity index (χ0n) is 18.7. The van der Waals surface area contributed by atoms with Gasteiger partial charge in [0.25, 0.3) is 5.91 Å². The average Bonchev–Trinajstić information content (AvgIpc) is 3.04. The van der Waals surface area contributed by atoms with Gasteiger partial charge >= 0.3 is 0 Å². The van der Waals surface area contributed by atoms with Crippen molar-refractivity contribution in [2.45, 2.75) is 40.2 Å². The van der Waals surface area contributed by atoms with E-state index in [4.69, 9.17) is 23.2 Å². The molecule has 0 aliphatic carbocycles. The highest BCUT2D eigenvalue weighted by Gasteiger charge is 2.31. The van der Waals surface area contributed by atoms with Crippen LogP contribution in [-0.4, -0.2) is 23.2 Å². The van der Waals surface area contributed by atoms with Crippen molar-refractivity contribution in [3.8, 4) is 0 Å². The third kappa shape index (κ3) is 4.34. The van der Waals surface area contributed by atoms with Gasteiger partial charge in [0.05, 0.1) is 26.2 Å². The maximum atomic E-state index is 12.6. The molecule has 1 amide bonds. The van der Waals surface area contributed by atoms with E-state index in [0.717, 1.165) is 17.7 Å². The molecule has 2 aromatic rings. The lowest BCUT2D eigenvalue weighted by molar-refractivity contribution is -0.115. The van der Waals surface area contributed by atoms with Crippen LogP contribution >= 0.6 is 35.0 Å². The maximum absolute atomic E-state index is 12.6. The molecule has 2 aromatic carbocycles. The number of aryl methyl sites for hydroxylation is 1. The summed E-state index contributed by atoms with van der Waals surface area (Å²) in [6, 6.07) is 9.54. The van der Waals surface area contributed by atoms with E-state index in [1.165, 1.54) is 28.6 Å². The number of halogens is 2. The lowest BCUT2D eigenvalue weighted by atomic mass is 9.87. The first-order valence-electron chi connectivity index (χ1n) is 10.5. The summed E-state index contributed by atoms with van der Waals surface area (Å²) in [6.07, 6.45) is 4.25. The van der Waals surface area contributed by atoms with Gasteiger partial charge in [-0.25, -0.2) is 4.99 Å². The lowest BCUT2D eigenvalue weighted by Gasteiger charge is -2.43. The zero-order valence-corrected chi connectivity index (χ0v) is 21.0. The molecule has 0 spiro atoms. The SMILES string of the molecule is CCN1c2cc(C)c(/C=C3/SC(=Nc4ccc(Cl)c(Cl)c4)NC3=O)cc2C(C)=CC1(C)C. The summed E-state index contributed by atoms with van der Waals surface area (Å²) < 4.78 is 0. The van der Waals surface area contributed by atoms with Gasteiger partial charge in [0.15, 0.2) is 5.17 Å². The minimum atomic E-state index is -0.158. The minimum Gasteiger partial charge on any atom is -0.363 e. The second-order valence-electron chi connectivity index (χ2n) is 8.53. The molecule has 0 aromatic heterocycles. The minimum absolute atomic E-state index is 0.0324. The van der Waals surface area contributed by atoms with Crippen LogP contribution < -0.4 is 10.2 Å². The van der Waals surface area contributed by atoms with Gasteiger partial charge in [-0.2, -0.15) is 0 Å². The highest BCUT2D eigenvalue weighted by molar-refractivity contribution is 8.18. The fourth-order valence-electron chi connectivity index (χ4n) is 4.27. The van der Waals surface area contributed by atoms with E-state index in [1.807, 2.05) is 6.08 Å². The first kappa shape index (κ1) is 23.0. The number of nitrogens with zero attached hydrogens (tertiary/aromatic N) is 2. The van der Waals surface area contributed by atoms with Gasteiger partial charge in [-0.1, -0.05) is 29.3 Å². The number of anilines is 1. The van der Waals surface area contributed by atoms with E-state index in [1.54, 1.807) is 18.2 Å². The van der Waals surface area contributed by atoms with Crippen LogP contribution in [0.5, 0.6) is 0 Å². The number of hydrogen-bond donors (Lipinski definition) is 1. The third-order valence-electron chi connectivity index (χ3n) is 5.75. The molecule has 1 fully saturated rings. The van der Waals surface area contributed by atoms with E-state index in [0.29, 0.717) is 25.8 Å². The van der Waals surface area contributed by atoms with Gasteiger partial charge in [0, 0.05) is 17.8 Å². The summed E-state index contributed by atoms with van der Waals surface area (Å²) >= 11 is 13.4. The van der Waals surface area contributed by atoms with Crippen LogP contribution in [0.2, 0.25) is 10.0 Å². The molecule has 0 atom stereocenters. The Hall–Kier alpha value is -2.21. The number of rotatable bonds is 3. The van der Waals surface area contributed by atoms with Crippen LogP contribution in [0, 0.1) is 6.92 Å². The number of thioether (sulfide) groups is 1. The van der Waals surface area contributed by atoms with Crippen molar-refractivity contribution < 1.29 is 4.79 Å². The Bertz CT molecular complexity index is 1210. The molecule has 4 nitrogen and oxygen atoms in total. The topological polar surface area (TPSA) is 44.7 Å². The summed E-state index contributed by atoms with van der Waals surface area (Å²) in [6.45, 7) is 11.8. The molecule has 2 aliphatic heterocycles. The largest absolute Gasteiger partial charge is 0.363 e. The molecule has 0 radical (unpaired) electrons. The molecule has 32 heavy (non-hydrogen) atoms. The first-order valence-corrected chi connectivity index (χ1v) is 12.0. The summed E-state index contributed by atoms with van der Waals surface area (Å²) in [5.41, 5.74) is 6.45. The number of fused-ring (bicyclic) bond motifs is 1. The number of nitrogens with one attached hydrogen (secondary N) is 1. The Balaban J connectivity index is 1.67. The van der Waals surface area contributed by atoms with E-state index < -0.39 is 0 Å². The third-order valence-corrected chi connectivity index (χ3v) is 7.40. The highest BCUT2D eigenvalue weighted by atomic mass is 35.5. The zero-order chi connectivity index (χ0) is 23.2. The molecule has 2 aliphatic rings. The van der Waals surface area contributed by atoms with Gasteiger partial charge in [-0.3, -0.25) is 4.79 Å². The maximum Gasteiger partial charge on any atom is 0.264 e. The second-order valence-corrected chi connectivity index (χ2v) is 10.4. The average molecular weight is 486 g/mol. The molecular formula is C25H25Cl2N3OS. The Morgan fingerprint density at radius 3 is 2.59 bits per heavy atom. The quantitative estimate of drug-likeness (QED) is 0.466. The Morgan fingerprint density at radius 1 is 1.16 bits per heavy atom. The van der Waals surface area contributed by atoms with E-state index in [2.05, 4.69) is 68.0 Å². The first-order chi connectivity index (χ1) is 15.1. The molecular weight excluding hydrogens is 461 g/mol. The summed E-state index contributed by atoms with van der Waals surface area (Å²) in [5.74, 6) is -0.158. The summed E-state index contributed by atoms with van der Waals surface area (Å²) in [5, 5.41) is 4.25. The fourth-order valence-corrected chi connectivity index (χ4v) is 5.40. The molecule has 0 unspecified atom stereocenters. The predicted octanol–water partition coefficient (Wildman–Crippen LogP) is 7.22. The standard InChI is InChI=1S/C25H25Cl2N3OS/c1-6-30-21-9-14(2)16(10-18(21)15(3)13-25(30,4)5)11-22-23(31)29-24(32-22)28-17-7-8-19(26)20(27)12-17/h7-13H,6H2,1-5H3,(H,28,29,31)/b22-11+. The molecule has 166 valence electrons. The number of amidine groups is 1. The van der Waals surface area contributed by atoms with E-state index in [-0.39, 0.29) is 11.4 Å². The Kier molecular flexibility index (Phi) is 6.19. The van der Waals surface area contributed by atoms with Gasteiger partial charge in [-0.05, 0) is 99.5 Å². The number of aliphatic imine (C=N–C) groups is 1. The van der Waals surface area contributed by atoms with Crippen LogP contribution in [0.25, 0.3) is 11.6 Å². The lowest BCUT2D eigenvalue weighted by Crippen LogP contribution is -2.44. The molecule has 1 N–H and O–H groups in total. The molecule has 2 heterocycles. The van der Waals surface area contributed by atoms with Crippen molar-refractivity contribution in [1.82, 2.24) is 5.32 Å². The smallest absolute Gasteiger partial charge is 0.264 e. The number of likely N-dealkylation sites (N-methyl/N-ethyl adjacent to an activating group) is 1. The van der Waals surface area contributed by atoms with Crippen molar-refractivity contribution in [1.29, 1.82) is 0 Å². The van der Waals surface area contributed by atoms with Crippen LogP contribution in [0.4, 0.5) is 11.4 Å². The Morgan fingerprint density at radius 2 is 1.91 bits per heavy atom. The van der Waals surface area contributed by atoms with E-state index in [9.17, 15) is 4.79 Å². The van der Waals surface area contributed by atoms with Crippen molar-refractivity contribution in [2.75, 3.05) is 11.4 Å². The van der Waals surface area contributed by atoms with Crippen LogP contribution in [0.1, 0.15) is 44.4 Å². The number of benzene rings is 2. The predicted molar refractivity (Wildman–Crippen MR) is 139 cm³/mol. The monoisotopic (exact) mass is 485 g/mol. The number of amides is 1. The van der Waals surface area contributed by atoms with E-state index >= 15 is 0 Å². The fraction of sp³-hybridized carbons (Fsp3) is 0.280. The molecule has 4 rings (SSSR count). The van der Waals surface area contributed by atoms with Crippen LogP contribution in [-0.2, 0) is 4.79 Å². The van der Waals surface area contributed by atoms with Crippen molar-refractivity contribution in [3.05, 3.63) is 68.0 Å². The van der Waals surface area contributed by atoms with Crippen molar-refractivity contribution in [3.63, 3.8) is 0 Å². The van der Waals surface area contributed by atoms with Gasteiger partial charge in [-0.15, -0.1) is 0 Å². The molecule has 7 heteroatoms. The molecule has 0 bridgehead atoms. The summed E-state index contributed by atoms with van der Waals surface area (Å²) in [4.78, 5) is 20.1. The number of carbonyl (C=O) groups excluding carboxylic acids is 1. The van der Waals surface area contributed by atoms with Gasteiger partial charge in [0.1, 0.15) is 0 Å². The van der Waals surface area contributed by atoms with Crippen LogP contribution in [0.3, 0.4) is 0 Å². The van der Waals surface area contributed by atoms with Crippen molar-refractivity contribution in [2.24, 2.45) is 4.99 Å². The number of allylic oxidation sites excluding steroid dienone is 1. The molecule has 0 saturated carbocycles.